The molecule has 4 amide bonds. The molecular weight excluding hydrogens is 669 g/mol. The Hall–Kier alpha value is -4.40. The monoisotopic (exact) mass is 718 g/mol. The van der Waals surface area contributed by atoms with E-state index in [2.05, 4.69) is 36.1 Å². The maximum absolute atomic E-state index is 14.0. The number of benzene rings is 1. The van der Waals surface area contributed by atoms with Crippen molar-refractivity contribution in [1.29, 1.82) is 0 Å². The molecule has 13 nitrogen and oxygen atoms in total. The fraction of sp³-hybridized carbons (Fsp3) is 0.514. The molecule has 3 aromatic rings. The van der Waals surface area contributed by atoms with Crippen LogP contribution in [0.1, 0.15) is 74.6 Å². The van der Waals surface area contributed by atoms with Crippen molar-refractivity contribution in [2.24, 2.45) is 5.41 Å². The first-order chi connectivity index (χ1) is 24.3. The van der Waals surface area contributed by atoms with E-state index in [4.69, 9.17) is 0 Å². The van der Waals surface area contributed by atoms with Gasteiger partial charge in [-0.3, -0.25) is 19.2 Å². The highest BCUT2D eigenvalue weighted by Gasteiger charge is 2.44. The van der Waals surface area contributed by atoms with Crippen molar-refractivity contribution in [3.05, 3.63) is 64.9 Å². The second kappa shape index (κ2) is 16.7. The van der Waals surface area contributed by atoms with E-state index in [0.717, 1.165) is 53.7 Å². The summed E-state index contributed by atoms with van der Waals surface area (Å²) in [4.78, 5) is 66.7. The maximum Gasteiger partial charge on any atom is 0.252 e. The molecule has 0 bridgehead atoms. The number of carbonyl (C=O) groups excluding carboxylic acids is 4. The van der Waals surface area contributed by atoms with Crippen LogP contribution in [-0.4, -0.2) is 101 Å². The number of pyridine rings is 1. The number of likely N-dealkylation sites (tertiary alicyclic amines) is 1. The Balaban J connectivity index is 1.12. The zero-order valence-corrected chi connectivity index (χ0v) is 30.9. The first kappa shape index (κ1) is 37.8. The van der Waals surface area contributed by atoms with Crippen LogP contribution in [0, 0.1) is 12.3 Å². The van der Waals surface area contributed by atoms with Gasteiger partial charge in [0.15, 0.2) is 0 Å². The number of aliphatic hydroxyl groups excluding tert-OH is 1. The molecule has 5 N–H and O–H groups in total. The lowest BCUT2D eigenvalue weighted by atomic mass is 9.85. The topological polar surface area (TPSA) is 169 Å². The number of piperazine rings is 1. The second-order valence-electron chi connectivity index (χ2n) is 14.4. The van der Waals surface area contributed by atoms with Crippen molar-refractivity contribution in [3.63, 3.8) is 0 Å². The number of nitrogens with one attached hydrogen (secondary N) is 4. The number of rotatable bonds is 12. The predicted octanol–water partition coefficient (Wildman–Crippen LogP) is 2.80. The molecular formula is C37H50N8O5S. The zero-order chi connectivity index (χ0) is 36.7. The van der Waals surface area contributed by atoms with Gasteiger partial charge >= 0.3 is 0 Å². The molecule has 1 aromatic carbocycles. The van der Waals surface area contributed by atoms with Crippen molar-refractivity contribution in [2.75, 3.05) is 44.2 Å². The van der Waals surface area contributed by atoms with Gasteiger partial charge in [-0.2, -0.15) is 0 Å². The largest absolute Gasteiger partial charge is 0.391 e. The molecule has 1 unspecified atom stereocenters. The van der Waals surface area contributed by atoms with Crippen LogP contribution in [0.25, 0.3) is 10.4 Å². The molecule has 4 heterocycles. The summed E-state index contributed by atoms with van der Waals surface area (Å²) in [5.41, 5.74) is 4.51. The van der Waals surface area contributed by atoms with Crippen molar-refractivity contribution in [2.45, 2.75) is 78.1 Å². The van der Waals surface area contributed by atoms with Crippen molar-refractivity contribution < 1.29 is 24.3 Å². The molecule has 0 saturated carbocycles. The molecule has 0 aliphatic carbocycles. The van der Waals surface area contributed by atoms with E-state index in [1.54, 1.807) is 23.6 Å². The van der Waals surface area contributed by atoms with Gasteiger partial charge in [0.1, 0.15) is 17.9 Å². The molecule has 274 valence electrons. The van der Waals surface area contributed by atoms with Gasteiger partial charge in [0.25, 0.3) is 5.91 Å². The number of hydrogen-bond donors (Lipinski definition) is 5. The normalized spacial score (nSPS) is 18.9. The lowest BCUT2D eigenvalue weighted by Gasteiger charge is -2.35. The molecule has 51 heavy (non-hydrogen) atoms. The van der Waals surface area contributed by atoms with Crippen LogP contribution in [0.15, 0.2) is 48.1 Å². The van der Waals surface area contributed by atoms with E-state index in [9.17, 15) is 24.3 Å². The Kier molecular flexibility index (Phi) is 12.4. The molecule has 2 aromatic heterocycles. The minimum absolute atomic E-state index is 0.00619. The number of β-amino-alcohol motifs (C(OH)–C–C–N with tert-alkyl or cyclic N) is 1. The third-order valence-corrected chi connectivity index (χ3v) is 10.4. The number of aryl methyl sites for hydroxylation is 1. The Morgan fingerprint density at radius 2 is 1.76 bits per heavy atom. The van der Waals surface area contributed by atoms with E-state index in [1.165, 1.54) is 4.90 Å². The van der Waals surface area contributed by atoms with Crippen LogP contribution in [0.2, 0.25) is 0 Å². The van der Waals surface area contributed by atoms with Crippen molar-refractivity contribution in [1.82, 2.24) is 36.1 Å². The molecule has 2 aliphatic heterocycles. The van der Waals surface area contributed by atoms with Gasteiger partial charge in [0.05, 0.1) is 33.8 Å². The fourth-order valence-electron chi connectivity index (χ4n) is 6.40. The maximum atomic E-state index is 14.0. The smallest absolute Gasteiger partial charge is 0.252 e. The summed E-state index contributed by atoms with van der Waals surface area (Å²) in [6.45, 7) is 13.2. The quantitative estimate of drug-likeness (QED) is 0.177. The Labute approximate surface area is 303 Å². The highest BCUT2D eigenvalue weighted by Crippen LogP contribution is 2.29. The predicted molar refractivity (Wildman–Crippen MR) is 197 cm³/mol. The first-order valence-electron chi connectivity index (χ1n) is 17.6. The fourth-order valence-corrected chi connectivity index (χ4v) is 7.21. The average molecular weight is 719 g/mol. The Morgan fingerprint density at radius 1 is 1.04 bits per heavy atom. The summed E-state index contributed by atoms with van der Waals surface area (Å²) in [5, 5.41) is 22.6. The minimum Gasteiger partial charge on any atom is -0.391 e. The van der Waals surface area contributed by atoms with Crippen LogP contribution >= 0.6 is 11.3 Å². The number of nitrogens with zero attached hydrogens (tertiary/aromatic N) is 4. The van der Waals surface area contributed by atoms with Crippen LogP contribution in [0.5, 0.6) is 0 Å². The van der Waals surface area contributed by atoms with Gasteiger partial charge in [0, 0.05) is 58.3 Å². The number of thiazole rings is 1. The zero-order valence-electron chi connectivity index (χ0n) is 30.1. The number of carbonyl (C=O) groups is 4. The van der Waals surface area contributed by atoms with Gasteiger partial charge < -0.3 is 36.2 Å². The summed E-state index contributed by atoms with van der Waals surface area (Å²) >= 11 is 1.58. The third kappa shape index (κ3) is 9.69. The van der Waals surface area contributed by atoms with Crippen molar-refractivity contribution >= 4 is 40.8 Å². The standard InChI is InChI=1S/C37H50N8O5S/c1-23(25-8-10-26(11-9-25)32-24(2)41-22-51-32)42-35(49)29-19-28(46)21-45(29)36(50)33(37(3,4)5)43-31(47)7-6-14-39-34(48)27-12-13-30(40-20-27)44-17-15-38-16-18-44/h8-13,20,22-23,28-29,33,38,46H,6-7,14-19,21H2,1-5H3,(H,39,48)(H,42,49)(H,43,47)/t23-,28+,29?,33+/m0/s1. The molecule has 0 spiro atoms. The van der Waals surface area contributed by atoms with Gasteiger partial charge in [0.2, 0.25) is 17.7 Å². The molecule has 14 heteroatoms. The molecule has 4 atom stereocenters. The highest BCUT2D eigenvalue weighted by molar-refractivity contribution is 7.13. The number of aliphatic hydroxyl groups is 1. The van der Waals surface area contributed by atoms with Gasteiger partial charge in [-0.15, -0.1) is 11.3 Å². The van der Waals surface area contributed by atoms with Crippen molar-refractivity contribution in [3.8, 4) is 10.4 Å². The lowest BCUT2D eigenvalue weighted by Crippen LogP contribution is -2.57. The molecule has 0 radical (unpaired) electrons. The summed E-state index contributed by atoms with van der Waals surface area (Å²) in [7, 11) is 0. The summed E-state index contributed by atoms with van der Waals surface area (Å²) in [6.07, 6.45) is 1.25. The molecule has 2 saturated heterocycles. The Bertz CT molecular complexity index is 1670. The number of hydrogen-bond acceptors (Lipinski definition) is 10. The third-order valence-electron chi connectivity index (χ3n) is 9.38. The number of anilines is 1. The molecule has 2 aliphatic rings. The van der Waals surface area contributed by atoms with Gasteiger partial charge in [-0.05, 0) is 48.9 Å². The molecule has 5 rings (SSSR count). The van der Waals surface area contributed by atoms with Gasteiger partial charge in [-0.25, -0.2) is 9.97 Å². The molecule has 2 fully saturated rings. The second-order valence-corrected chi connectivity index (χ2v) is 15.2. The van der Waals surface area contributed by atoms with E-state index in [1.807, 2.05) is 70.5 Å². The average Bonchev–Trinajstić information content (AvgIpc) is 3.73. The summed E-state index contributed by atoms with van der Waals surface area (Å²) in [6, 6.07) is 9.37. The van der Waals surface area contributed by atoms with Crippen LogP contribution in [0.4, 0.5) is 5.82 Å². The van der Waals surface area contributed by atoms with E-state index in [0.29, 0.717) is 12.0 Å². The van der Waals surface area contributed by atoms with E-state index < -0.39 is 29.5 Å². The number of amides is 4. The van der Waals surface area contributed by atoms with Gasteiger partial charge in [-0.1, -0.05) is 45.0 Å². The SMILES string of the molecule is Cc1ncsc1-c1ccc([C@H](C)NC(=O)C2C[C@@H](O)CN2C(=O)[C@@H](NC(=O)CCCNC(=O)c2ccc(N3CCNCC3)nc2)C(C)(C)C)cc1. The van der Waals surface area contributed by atoms with E-state index >= 15 is 0 Å². The Morgan fingerprint density at radius 3 is 2.39 bits per heavy atom. The van der Waals surface area contributed by atoms with Crippen LogP contribution in [-0.2, 0) is 14.4 Å². The van der Waals surface area contributed by atoms with Crippen LogP contribution < -0.4 is 26.2 Å². The lowest BCUT2D eigenvalue weighted by molar-refractivity contribution is -0.144. The highest BCUT2D eigenvalue weighted by atomic mass is 32.1. The minimum atomic E-state index is -0.930. The summed E-state index contributed by atoms with van der Waals surface area (Å²) in [5.74, 6) is -0.563. The van der Waals surface area contributed by atoms with Crippen LogP contribution in [0.3, 0.4) is 0 Å². The summed E-state index contributed by atoms with van der Waals surface area (Å²) < 4.78 is 0. The van der Waals surface area contributed by atoms with E-state index in [-0.39, 0.29) is 49.7 Å². The number of aromatic nitrogens is 2. The first-order valence-corrected chi connectivity index (χ1v) is 18.5.